The van der Waals surface area contributed by atoms with E-state index in [1.165, 1.54) is 17.5 Å². The Bertz CT molecular complexity index is 934. The Morgan fingerprint density at radius 1 is 1.36 bits per heavy atom. The Kier molecular flexibility index (Phi) is 3.96. The second-order valence-corrected chi connectivity index (χ2v) is 6.90. The summed E-state index contributed by atoms with van der Waals surface area (Å²) in [5.74, 6) is 0.0433. The van der Waals surface area contributed by atoms with Crippen LogP contribution in [0.1, 0.15) is 38.1 Å². The molecule has 25 heavy (non-hydrogen) atoms. The minimum Gasteiger partial charge on any atom is -0.355 e. The van der Waals surface area contributed by atoms with Crippen molar-refractivity contribution in [3.63, 3.8) is 0 Å². The molecule has 0 aliphatic carbocycles. The van der Waals surface area contributed by atoms with Crippen molar-refractivity contribution in [1.29, 1.82) is 0 Å². The first-order valence-electron chi connectivity index (χ1n) is 8.06. The van der Waals surface area contributed by atoms with E-state index in [1.807, 2.05) is 28.5 Å². The fourth-order valence-corrected chi connectivity index (χ4v) is 3.95. The van der Waals surface area contributed by atoms with E-state index in [0.717, 1.165) is 23.5 Å². The molecule has 3 aromatic rings. The monoisotopic (exact) mass is 355 g/mol. The number of carbonyl (C=O) groups excluding carboxylic acids is 2. The molecule has 1 saturated heterocycles. The average Bonchev–Trinajstić information content (AvgIpc) is 3.40. The molecule has 1 aliphatic heterocycles. The van der Waals surface area contributed by atoms with Crippen molar-refractivity contribution in [3.05, 3.63) is 52.1 Å². The molecule has 2 amide bonds. The molecule has 4 rings (SSSR count). The molecule has 8 heteroatoms. The van der Waals surface area contributed by atoms with Crippen molar-refractivity contribution in [2.45, 2.75) is 12.3 Å². The van der Waals surface area contributed by atoms with Gasteiger partial charge in [-0.05, 0) is 23.9 Å². The van der Waals surface area contributed by atoms with Gasteiger partial charge in [0.05, 0.1) is 16.8 Å². The first-order valence-corrected chi connectivity index (χ1v) is 8.94. The Labute approximate surface area is 148 Å². The molecule has 1 aliphatic rings. The van der Waals surface area contributed by atoms with E-state index in [2.05, 4.69) is 15.4 Å². The molecule has 3 aromatic heterocycles. The minimum atomic E-state index is -0.208. The summed E-state index contributed by atoms with van der Waals surface area (Å²) < 4.78 is 1.72. The lowest BCUT2D eigenvalue weighted by Crippen LogP contribution is -2.28. The smallest absolute Gasteiger partial charge is 0.263 e. The summed E-state index contributed by atoms with van der Waals surface area (Å²) in [6.45, 7) is 1.36. The third kappa shape index (κ3) is 2.68. The van der Waals surface area contributed by atoms with Gasteiger partial charge in [-0.2, -0.15) is 5.10 Å². The summed E-state index contributed by atoms with van der Waals surface area (Å²) in [7, 11) is 1.58. The summed E-state index contributed by atoms with van der Waals surface area (Å²) in [5.41, 5.74) is 1.97. The Morgan fingerprint density at radius 2 is 2.24 bits per heavy atom. The van der Waals surface area contributed by atoms with Crippen molar-refractivity contribution in [2.24, 2.45) is 0 Å². The van der Waals surface area contributed by atoms with E-state index < -0.39 is 0 Å². The van der Waals surface area contributed by atoms with Gasteiger partial charge in [0.25, 0.3) is 11.8 Å². The van der Waals surface area contributed by atoms with E-state index in [0.29, 0.717) is 17.8 Å². The second kappa shape index (κ2) is 6.29. The highest BCUT2D eigenvalue weighted by molar-refractivity contribution is 7.12. The number of carbonyl (C=O) groups is 2. The van der Waals surface area contributed by atoms with Crippen LogP contribution in [0, 0.1) is 0 Å². The van der Waals surface area contributed by atoms with Crippen LogP contribution < -0.4 is 5.32 Å². The van der Waals surface area contributed by atoms with E-state index in [9.17, 15) is 9.59 Å². The summed E-state index contributed by atoms with van der Waals surface area (Å²) in [4.78, 5) is 31.4. The van der Waals surface area contributed by atoms with Crippen LogP contribution in [0.15, 0.2) is 36.0 Å². The molecule has 1 fully saturated rings. The zero-order valence-corrected chi connectivity index (χ0v) is 14.5. The number of rotatable bonds is 3. The van der Waals surface area contributed by atoms with Gasteiger partial charge in [0.15, 0.2) is 5.65 Å². The molecule has 0 aromatic carbocycles. The fourth-order valence-electron chi connectivity index (χ4n) is 3.26. The Balaban J connectivity index is 1.62. The van der Waals surface area contributed by atoms with Gasteiger partial charge in [0, 0.05) is 32.3 Å². The van der Waals surface area contributed by atoms with E-state index in [1.54, 1.807) is 17.8 Å². The lowest BCUT2D eigenvalue weighted by atomic mass is 10.0. The van der Waals surface area contributed by atoms with Gasteiger partial charge < -0.3 is 10.2 Å². The summed E-state index contributed by atoms with van der Waals surface area (Å²) in [5, 5.41) is 8.86. The van der Waals surface area contributed by atoms with Gasteiger partial charge in [-0.1, -0.05) is 6.07 Å². The molecule has 0 radical (unpaired) electrons. The van der Waals surface area contributed by atoms with E-state index in [-0.39, 0.29) is 17.7 Å². The van der Waals surface area contributed by atoms with E-state index in [4.69, 9.17) is 0 Å². The van der Waals surface area contributed by atoms with Gasteiger partial charge in [-0.3, -0.25) is 9.59 Å². The van der Waals surface area contributed by atoms with Crippen LogP contribution in [0.5, 0.6) is 0 Å². The van der Waals surface area contributed by atoms with Crippen molar-refractivity contribution in [1.82, 2.24) is 24.8 Å². The van der Waals surface area contributed by atoms with Crippen LogP contribution in [-0.2, 0) is 0 Å². The summed E-state index contributed by atoms with van der Waals surface area (Å²) >= 11 is 1.46. The largest absolute Gasteiger partial charge is 0.355 e. The van der Waals surface area contributed by atoms with Gasteiger partial charge in [0.1, 0.15) is 5.56 Å². The maximum Gasteiger partial charge on any atom is 0.263 e. The lowest BCUT2D eigenvalue weighted by Gasteiger charge is -2.16. The molecular weight excluding hydrogens is 338 g/mol. The molecule has 0 unspecified atom stereocenters. The first-order chi connectivity index (χ1) is 12.2. The van der Waals surface area contributed by atoms with Crippen molar-refractivity contribution < 1.29 is 9.59 Å². The lowest BCUT2D eigenvalue weighted by molar-refractivity contribution is 0.0795. The number of hydrogen-bond acceptors (Lipinski definition) is 5. The molecule has 1 atom stereocenters. The minimum absolute atomic E-state index is 0.0781. The average molecular weight is 355 g/mol. The Hall–Kier alpha value is -2.74. The highest BCUT2D eigenvalue weighted by atomic mass is 32.1. The van der Waals surface area contributed by atoms with Crippen LogP contribution in [0.3, 0.4) is 0 Å². The van der Waals surface area contributed by atoms with Gasteiger partial charge in [0.2, 0.25) is 0 Å². The molecule has 0 bridgehead atoms. The number of nitrogens with one attached hydrogen (secondary N) is 1. The highest BCUT2D eigenvalue weighted by Gasteiger charge is 2.30. The molecule has 128 valence electrons. The van der Waals surface area contributed by atoms with Crippen LogP contribution in [0.2, 0.25) is 0 Å². The third-order valence-electron chi connectivity index (χ3n) is 4.53. The SMILES string of the molecule is CNC(=O)c1cnn2c([C@@H]3CCN(C(=O)c4cccs4)C3)ccnc12. The zero-order chi connectivity index (χ0) is 17.4. The molecule has 7 nitrogen and oxygen atoms in total. The zero-order valence-electron chi connectivity index (χ0n) is 13.7. The number of likely N-dealkylation sites (tertiary alicyclic amines) is 1. The van der Waals surface area contributed by atoms with Crippen molar-refractivity contribution in [2.75, 3.05) is 20.1 Å². The summed E-state index contributed by atoms with van der Waals surface area (Å²) in [6, 6.07) is 5.66. The first kappa shape index (κ1) is 15.8. The predicted octanol–water partition coefficient (Wildman–Crippen LogP) is 1.78. The summed E-state index contributed by atoms with van der Waals surface area (Å²) in [6.07, 6.45) is 4.10. The van der Waals surface area contributed by atoms with Gasteiger partial charge in [-0.15, -0.1) is 11.3 Å². The molecule has 0 saturated carbocycles. The number of aromatic nitrogens is 3. The van der Waals surface area contributed by atoms with Gasteiger partial charge in [-0.25, -0.2) is 9.50 Å². The van der Waals surface area contributed by atoms with Crippen molar-refractivity contribution >= 4 is 28.8 Å². The standard InChI is InChI=1S/C17H17N5O2S/c1-18-16(23)12-9-20-22-13(4-6-19-15(12)22)11-5-7-21(10-11)17(24)14-3-2-8-25-14/h2-4,6,8-9,11H,5,7,10H2,1H3,(H,18,23)/t11-/m1/s1. The quantitative estimate of drug-likeness (QED) is 0.777. The number of amides is 2. The topological polar surface area (TPSA) is 79.6 Å². The maximum atomic E-state index is 12.5. The molecular formula is C17H17N5O2S. The van der Waals surface area contributed by atoms with Crippen LogP contribution in [-0.4, -0.2) is 51.4 Å². The molecule has 1 N–H and O–H groups in total. The predicted molar refractivity (Wildman–Crippen MR) is 94.0 cm³/mol. The molecule has 0 spiro atoms. The van der Waals surface area contributed by atoms with Crippen molar-refractivity contribution in [3.8, 4) is 0 Å². The number of thiophene rings is 1. The second-order valence-electron chi connectivity index (χ2n) is 5.96. The Morgan fingerprint density at radius 3 is 3.00 bits per heavy atom. The fraction of sp³-hybridized carbons (Fsp3) is 0.294. The normalized spacial score (nSPS) is 17.2. The highest BCUT2D eigenvalue weighted by Crippen LogP contribution is 2.29. The van der Waals surface area contributed by atoms with E-state index >= 15 is 0 Å². The molecule has 4 heterocycles. The number of hydrogen-bond donors (Lipinski definition) is 1. The van der Waals surface area contributed by atoms with Crippen LogP contribution in [0.25, 0.3) is 5.65 Å². The third-order valence-corrected chi connectivity index (χ3v) is 5.39. The van der Waals surface area contributed by atoms with Gasteiger partial charge >= 0.3 is 0 Å². The maximum absolute atomic E-state index is 12.5. The van der Waals surface area contributed by atoms with Crippen LogP contribution in [0.4, 0.5) is 0 Å². The number of nitrogens with zero attached hydrogens (tertiary/aromatic N) is 4. The van der Waals surface area contributed by atoms with Crippen LogP contribution >= 0.6 is 11.3 Å². The number of fused-ring (bicyclic) bond motifs is 1.